The first-order valence-corrected chi connectivity index (χ1v) is 6.86. The summed E-state index contributed by atoms with van der Waals surface area (Å²) in [6, 6.07) is 0. The van der Waals surface area contributed by atoms with Crippen LogP contribution in [0.2, 0.25) is 0 Å². The summed E-state index contributed by atoms with van der Waals surface area (Å²) < 4.78 is 27.3. The standard InChI is InChI=1S/C9H17NO4S/c1-14-6-4-9(11)10-5-3-8(7-10)15(2,12)13/h8H,3-7H2,1-2H3. The first kappa shape index (κ1) is 12.4. The maximum atomic E-state index is 11.5. The molecule has 1 heterocycles. The average molecular weight is 235 g/mol. The van der Waals surface area contributed by atoms with E-state index >= 15 is 0 Å². The van der Waals surface area contributed by atoms with Crippen molar-refractivity contribution in [3.8, 4) is 0 Å². The number of nitrogens with zero attached hydrogens (tertiary/aromatic N) is 1. The van der Waals surface area contributed by atoms with Crippen molar-refractivity contribution in [1.82, 2.24) is 4.90 Å². The van der Waals surface area contributed by atoms with Crippen LogP contribution in [0, 0.1) is 0 Å². The van der Waals surface area contributed by atoms with Crippen molar-refractivity contribution in [1.29, 1.82) is 0 Å². The second kappa shape index (κ2) is 4.94. The average Bonchev–Trinajstić information content (AvgIpc) is 2.62. The zero-order valence-corrected chi connectivity index (χ0v) is 9.92. The zero-order chi connectivity index (χ0) is 11.5. The van der Waals surface area contributed by atoms with Gasteiger partial charge in [0.05, 0.1) is 18.3 Å². The Morgan fingerprint density at radius 3 is 2.67 bits per heavy atom. The van der Waals surface area contributed by atoms with Gasteiger partial charge in [0.2, 0.25) is 5.91 Å². The fourth-order valence-electron chi connectivity index (χ4n) is 1.65. The number of carbonyl (C=O) groups excluding carboxylic acids is 1. The molecule has 0 aromatic heterocycles. The maximum Gasteiger partial charge on any atom is 0.224 e. The van der Waals surface area contributed by atoms with Crippen molar-refractivity contribution >= 4 is 15.7 Å². The lowest BCUT2D eigenvalue weighted by molar-refractivity contribution is -0.131. The van der Waals surface area contributed by atoms with E-state index in [1.54, 1.807) is 4.90 Å². The minimum absolute atomic E-state index is 0.0250. The highest BCUT2D eigenvalue weighted by molar-refractivity contribution is 7.91. The van der Waals surface area contributed by atoms with Crippen LogP contribution in [0.4, 0.5) is 0 Å². The van der Waals surface area contributed by atoms with Crippen LogP contribution in [-0.2, 0) is 19.4 Å². The van der Waals surface area contributed by atoms with Crippen LogP contribution >= 0.6 is 0 Å². The Balaban J connectivity index is 2.46. The third-order valence-corrected chi connectivity index (χ3v) is 4.22. The van der Waals surface area contributed by atoms with Gasteiger partial charge in [-0.3, -0.25) is 4.79 Å². The van der Waals surface area contributed by atoms with Gasteiger partial charge in [0.1, 0.15) is 0 Å². The Bertz CT molecular complexity index is 325. The fraction of sp³-hybridized carbons (Fsp3) is 0.889. The molecule has 1 aliphatic rings. The SMILES string of the molecule is COCCC(=O)N1CCC(S(C)(=O)=O)C1. The normalized spacial score (nSPS) is 22.0. The molecule has 1 fully saturated rings. The van der Waals surface area contributed by atoms with Crippen LogP contribution in [0.5, 0.6) is 0 Å². The van der Waals surface area contributed by atoms with E-state index in [2.05, 4.69) is 0 Å². The van der Waals surface area contributed by atoms with Gasteiger partial charge in [0.15, 0.2) is 9.84 Å². The molecule has 0 spiro atoms. The van der Waals surface area contributed by atoms with Crippen molar-refractivity contribution in [2.75, 3.05) is 33.1 Å². The lowest BCUT2D eigenvalue weighted by Crippen LogP contribution is -2.32. The minimum atomic E-state index is -3.01. The molecule has 0 aromatic carbocycles. The number of sulfone groups is 1. The Hall–Kier alpha value is -0.620. The van der Waals surface area contributed by atoms with E-state index in [1.165, 1.54) is 13.4 Å². The van der Waals surface area contributed by atoms with Crippen LogP contribution in [-0.4, -0.2) is 57.5 Å². The Morgan fingerprint density at radius 2 is 2.20 bits per heavy atom. The largest absolute Gasteiger partial charge is 0.384 e. The van der Waals surface area contributed by atoms with E-state index < -0.39 is 9.84 Å². The highest BCUT2D eigenvalue weighted by atomic mass is 32.2. The second-order valence-corrected chi connectivity index (χ2v) is 6.15. The van der Waals surface area contributed by atoms with Crippen LogP contribution in [0.25, 0.3) is 0 Å². The molecule has 0 saturated carbocycles. The highest BCUT2D eigenvalue weighted by Crippen LogP contribution is 2.16. The Labute approximate surface area is 90.3 Å². The molecule has 6 heteroatoms. The lowest BCUT2D eigenvalue weighted by Gasteiger charge is -2.15. The van der Waals surface area contributed by atoms with Crippen molar-refractivity contribution in [2.45, 2.75) is 18.1 Å². The second-order valence-electron chi connectivity index (χ2n) is 3.82. The molecule has 0 radical (unpaired) electrons. The minimum Gasteiger partial charge on any atom is -0.384 e. The molecule has 1 saturated heterocycles. The predicted octanol–water partition coefficient (Wildman–Crippen LogP) is -0.332. The summed E-state index contributed by atoms with van der Waals surface area (Å²) in [6.07, 6.45) is 2.10. The van der Waals surface area contributed by atoms with Gasteiger partial charge in [-0.2, -0.15) is 0 Å². The van der Waals surface area contributed by atoms with Gasteiger partial charge >= 0.3 is 0 Å². The van der Waals surface area contributed by atoms with E-state index in [1.807, 2.05) is 0 Å². The van der Waals surface area contributed by atoms with E-state index in [9.17, 15) is 13.2 Å². The zero-order valence-electron chi connectivity index (χ0n) is 9.10. The Morgan fingerprint density at radius 1 is 1.53 bits per heavy atom. The van der Waals surface area contributed by atoms with E-state index in [4.69, 9.17) is 4.74 Å². The molecule has 0 aromatic rings. The molecule has 1 amide bonds. The topological polar surface area (TPSA) is 63.7 Å². The fourth-order valence-corrected chi connectivity index (χ4v) is 2.64. The molecular weight excluding hydrogens is 218 g/mol. The molecule has 1 aliphatic heterocycles. The van der Waals surface area contributed by atoms with Gasteiger partial charge in [-0.15, -0.1) is 0 Å². The van der Waals surface area contributed by atoms with E-state index in [0.29, 0.717) is 32.5 Å². The van der Waals surface area contributed by atoms with Crippen LogP contribution < -0.4 is 0 Å². The number of hydrogen-bond acceptors (Lipinski definition) is 4. The van der Waals surface area contributed by atoms with Crippen LogP contribution in [0.15, 0.2) is 0 Å². The summed E-state index contributed by atoms with van der Waals surface area (Å²) in [5, 5.41) is -0.385. The number of carbonyl (C=O) groups is 1. The van der Waals surface area contributed by atoms with Gasteiger partial charge in [-0.25, -0.2) is 8.42 Å². The molecule has 15 heavy (non-hydrogen) atoms. The van der Waals surface area contributed by atoms with E-state index in [0.717, 1.165) is 0 Å². The number of hydrogen-bond donors (Lipinski definition) is 0. The van der Waals surface area contributed by atoms with Crippen LogP contribution in [0.1, 0.15) is 12.8 Å². The van der Waals surface area contributed by atoms with Gasteiger partial charge in [0, 0.05) is 26.5 Å². The summed E-state index contributed by atoms with van der Waals surface area (Å²) >= 11 is 0. The highest BCUT2D eigenvalue weighted by Gasteiger charge is 2.32. The molecule has 1 unspecified atom stereocenters. The molecule has 1 rings (SSSR count). The predicted molar refractivity (Wildman–Crippen MR) is 56.3 cm³/mol. The van der Waals surface area contributed by atoms with Crippen LogP contribution in [0.3, 0.4) is 0 Å². The maximum absolute atomic E-state index is 11.5. The third-order valence-electron chi connectivity index (χ3n) is 2.62. The first-order chi connectivity index (χ1) is 6.95. The monoisotopic (exact) mass is 235 g/mol. The number of methoxy groups -OCH3 is 1. The first-order valence-electron chi connectivity index (χ1n) is 4.90. The number of rotatable bonds is 4. The molecule has 5 nitrogen and oxygen atoms in total. The third kappa shape index (κ3) is 3.46. The van der Waals surface area contributed by atoms with Gasteiger partial charge in [-0.1, -0.05) is 0 Å². The van der Waals surface area contributed by atoms with Crippen molar-refractivity contribution in [3.63, 3.8) is 0 Å². The summed E-state index contributed by atoms with van der Waals surface area (Å²) in [6.45, 7) is 1.26. The molecule has 88 valence electrons. The number of amides is 1. The van der Waals surface area contributed by atoms with Gasteiger partial charge < -0.3 is 9.64 Å². The molecule has 0 bridgehead atoms. The number of likely N-dealkylation sites (tertiary alicyclic amines) is 1. The molecular formula is C9H17NO4S. The lowest BCUT2D eigenvalue weighted by atomic mass is 10.4. The summed E-state index contributed by atoms with van der Waals surface area (Å²) in [4.78, 5) is 13.1. The quantitative estimate of drug-likeness (QED) is 0.669. The van der Waals surface area contributed by atoms with E-state index in [-0.39, 0.29) is 11.2 Å². The molecule has 0 N–H and O–H groups in total. The van der Waals surface area contributed by atoms with Gasteiger partial charge in [0.25, 0.3) is 0 Å². The summed E-state index contributed by atoms with van der Waals surface area (Å²) in [5.41, 5.74) is 0. The van der Waals surface area contributed by atoms with Crippen molar-refractivity contribution < 1.29 is 17.9 Å². The summed E-state index contributed by atoms with van der Waals surface area (Å²) in [7, 11) is -1.48. The Kier molecular flexibility index (Phi) is 4.10. The number of ether oxygens (including phenoxy) is 1. The smallest absolute Gasteiger partial charge is 0.224 e. The van der Waals surface area contributed by atoms with Crippen molar-refractivity contribution in [2.24, 2.45) is 0 Å². The molecule has 0 aliphatic carbocycles. The van der Waals surface area contributed by atoms with Gasteiger partial charge in [-0.05, 0) is 6.42 Å². The molecule has 1 atom stereocenters. The summed E-state index contributed by atoms with van der Waals surface area (Å²) in [5.74, 6) is -0.0250. The van der Waals surface area contributed by atoms with Crippen molar-refractivity contribution in [3.05, 3.63) is 0 Å².